The summed E-state index contributed by atoms with van der Waals surface area (Å²) in [5.74, 6) is -1.74. The van der Waals surface area contributed by atoms with Crippen LogP contribution >= 0.6 is 0 Å². The van der Waals surface area contributed by atoms with Gasteiger partial charge in [0.05, 0.1) is 6.85 Å². The van der Waals surface area contributed by atoms with E-state index in [2.05, 4.69) is 4.74 Å². The van der Waals surface area contributed by atoms with Crippen molar-refractivity contribution in [2.75, 3.05) is 6.61 Å². The van der Waals surface area contributed by atoms with Gasteiger partial charge in [0, 0.05) is 0 Å². The first kappa shape index (κ1) is 3.26. The summed E-state index contributed by atoms with van der Waals surface area (Å²) in [6.07, 6.45) is 0. The smallest absolute Gasteiger partial charge is 0.341 e. The number of rotatable bonds is 3. The van der Waals surface area contributed by atoms with Crippen molar-refractivity contribution in [3.63, 3.8) is 0 Å². The molecule has 0 radical (unpaired) electrons. The van der Waals surface area contributed by atoms with Crippen LogP contribution in [-0.2, 0) is 4.79 Å². The van der Waals surface area contributed by atoms with Crippen LogP contribution in [0.15, 0.2) is 30.2 Å². The van der Waals surface area contributed by atoms with Crippen molar-refractivity contribution >= 4 is 5.97 Å². The van der Waals surface area contributed by atoms with Gasteiger partial charge in [0.25, 0.3) is 0 Å². The van der Waals surface area contributed by atoms with Gasteiger partial charge < -0.3 is 9.84 Å². The molecule has 1 aromatic rings. The molecule has 0 unspecified atom stereocenters. The number of benzene rings is 1. The molecule has 1 rings (SSSR count). The van der Waals surface area contributed by atoms with Gasteiger partial charge in [-0.05, 0) is 12.1 Å². The second-order valence-electron chi connectivity index (χ2n) is 1.64. The van der Waals surface area contributed by atoms with Crippen molar-refractivity contribution in [1.82, 2.24) is 0 Å². The maximum atomic E-state index is 10.3. The molecule has 0 heterocycles. The molecule has 0 aliphatic heterocycles. The average Bonchev–Trinajstić information content (AvgIpc) is 2.23. The lowest BCUT2D eigenvalue weighted by Crippen LogP contribution is -2.09. The molecule has 0 aliphatic rings. The van der Waals surface area contributed by atoms with E-state index in [1.165, 1.54) is 0 Å². The van der Waals surface area contributed by atoms with Crippen LogP contribution in [-0.4, -0.2) is 17.7 Å². The van der Waals surface area contributed by atoms with E-state index in [1.54, 1.807) is 0 Å². The van der Waals surface area contributed by atoms with E-state index in [0.29, 0.717) is 0 Å². The highest BCUT2D eigenvalue weighted by molar-refractivity contribution is 5.68. The fourth-order valence-corrected chi connectivity index (χ4v) is 0.445. The van der Waals surface area contributed by atoms with Crippen LogP contribution in [0.25, 0.3) is 0 Å². The maximum absolute atomic E-state index is 10.3. The highest BCUT2D eigenvalue weighted by Crippen LogP contribution is 2.07. The van der Waals surface area contributed by atoms with Gasteiger partial charge in [-0.3, -0.25) is 0 Å². The highest BCUT2D eigenvalue weighted by Gasteiger charge is 1.96. The zero-order chi connectivity index (χ0) is 12.5. The lowest BCUT2D eigenvalue weighted by Gasteiger charge is -2.00. The van der Waals surface area contributed by atoms with Gasteiger partial charge in [0.2, 0.25) is 0 Å². The Labute approximate surface area is 71.3 Å². The molecule has 1 N–H and O–H groups in total. The summed E-state index contributed by atoms with van der Waals surface area (Å²) in [5.41, 5.74) is 0. The normalized spacial score (nSPS) is 15.5. The number of ether oxygens (including phenoxy) is 1. The summed E-state index contributed by atoms with van der Waals surface area (Å²) in [4.78, 5) is 10.3. The lowest BCUT2D eigenvalue weighted by atomic mass is 10.3. The van der Waals surface area contributed by atoms with Crippen molar-refractivity contribution in [3.8, 4) is 5.75 Å². The quantitative estimate of drug-likeness (QED) is 0.715. The zero-order valence-corrected chi connectivity index (χ0v) is 5.47. The molecule has 1 aromatic carbocycles. The van der Waals surface area contributed by atoms with Gasteiger partial charge >= 0.3 is 5.97 Å². The van der Waals surface area contributed by atoms with E-state index in [1.807, 2.05) is 0 Å². The van der Waals surface area contributed by atoms with Crippen LogP contribution in [0.4, 0.5) is 0 Å². The Kier molecular flexibility index (Phi) is 1.07. The Morgan fingerprint density at radius 3 is 2.73 bits per heavy atom. The Balaban J connectivity index is 3.23. The van der Waals surface area contributed by atoms with Crippen molar-refractivity contribution < 1.29 is 21.5 Å². The van der Waals surface area contributed by atoms with Gasteiger partial charge in [-0.25, -0.2) is 4.79 Å². The van der Waals surface area contributed by atoms with Crippen LogP contribution in [0, 0.1) is 0 Å². The van der Waals surface area contributed by atoms with E-state index in [-0.39, 0.29) is 0 Å². The first-order valence-corrected chi connectivity index (χ1v) is 2.77. The largest absolute Gasteiger partial charge is 0.482 e. The molecule has 58 valence electrons. The molecule has 0 bridgehead atoms. The van der Waals surface area contributed by atoms with Crippen LogP contribution in [0.3, 0.4) is 0 Å². The van der Waals surface area contributed by atoms with Crippen LogP contribution in [0.2, 0.25) is 0 Å². The minimum atomic E-state index is -1.29. The molecule has 0 saturated carbocycles. The van der Waals surface area contributed by atoms with Crippen molar-refractivity contribution in [2.45, 2.75) is 0 Å². The topological polar surface area (TPSA) is 46.5 Å². The van der Waals surface area contributed by atoms with Crippen LogP contribution in [0.5, 0.6) is 5.75 Å². The van der Waals surface area contributed by atoms with Crippen LogP contribution < -0.4 is 4.74 Å². The fraction of sp³-hybridized carbons (Fsp3) is 0.125. The van der Waals surface area contributed by atoms with Gasteiger partial charge in [-0.2, -0.15) is 0 Å². The molecular formula is C8H8O3. The Morgan fingerprint density at radius 2 is 2.18 bits per heavy atom. The second kappa shape index (κ2) is 3.61. The standard InChI is InChI=1S/C8H8O3/c9-8(10)6-11-7-4-2-1-3-5-7/h1-5H,6H2,(H,9,10)/i1D,2D,3D,4D,5D. The predicted molar refractivity (Wildman–Crippen MR) is 39.6 cm³/mol. The van der Waals surface area contributed by atoms with Crippen molar-refractivity contribution in [3.05, 3.63) is 30.2 Å². The van der Waals surface area contributed by atoms with E-state index in [4.69, 9.17) is 12.0 Å². The summed E-state index contributed by atoms with van der Waals surface area (Å²) in [6, 6.07) is -2.75. The fourth-order valence-electron chi connectivity index (χ4n) is 0.445. The molecule has 0 amide bonds. The van der Waals surface area contributed by atoms with Gasteiger partial charge in [-0.1, -0.05) is 18.1 Å². The minimum Gasteiger partial charge on any atom is -0.482 e. The molecule has 0 aliphatic carbocycles. The molecule has 0 spiro atoms. The lowest BCUT2D eigenvalue weighted by molar-refractivity contribution is -0.139. The molecule has 0 aromatic heterocycles. The third-order valence-corrected chi connectivity index (χ3v) is 0.817. The molecule has 11 heavy (non-hydrogen) atoms. The number of carbonyl (C=O) groups is 1. The molecule has 0 saturated heterocycles. The molecule has 3 nitrogen and oxygen atoms in total. The van der Waals surface area contributed by atoms with E-state index in [9.17, 15) is 4.79 Å². The molecule has 0 atom stereocenters. The van der Waals surface area contributed by atoms with Crippen molar-refractivity contribution in [2.24, 2.45) is 0 Å². The Bertz CT molecular complexity index is 417. The maximum Gasteiger partial charge on any atom is 0.341 e. The summed E-state index contributed by atoms with van der Waals surface area (Å²) >= 11 is 0. The third-order valence-electron chi connectivity index (χ3n) is 0.817. The highest BCUT2D eigenvalue weighted by atomic mass is 16.5. The molecular weight excluding hydrogens is 144 g/mol. The minimum absolute atomic E-state index is 0.451. The number of carboxylic acid groups (broad SMARTS) is 1. The Hall–Kier alpha value is -1.51. The third kappa shape index (κ3) is 2.71. The summed E-state index contributed by atoms with van der Waals surface area (Å²) in [6.45, 7) is -0.756. The summed E-state index contributed by atoms with van der Waals surface area (Å²) < 4.78 is 41.3. The monoisotopic (exact) mass is 157 g/mol. The van der Waals surface area contributed by atoms with E-state index in [0.717, 1.165) is 0 Å². The Morgan fingerprint density at radius 1 is 1.55 bits per heavy atom. The van der Waals surface area contributed by atoms with Gasteiger partial charge in [0.1, 0.15) is 5.75 Å². The van der Waals surface area contributed by atoms with E-state index < -0.39 is 48.5 Å². The summed E-state index contributed by atoms with van der Waals surface area (Å²) in [7, 11) is 0. The van der Waals surface area contributed by atoms with Crippen molar-refractivity contribution in [1.29, 1.82) is 0 Å². The molecule has 0 fully saturated rings. The number of hydrogen-bond acceptors (Lipinski definition) is 2. The number of para-hydroxylation sites is 1. The number of hydrogen-bond donors (Lipinski definition) is 1. The average molecular weight is 157 g/mol. The van der Waals surface area contributed by atoms with Crippen LogP contribution in [0.1, 0.15) is 6.85 Å². The number of aliphatic carboxylic acids is 1. The molecule has 3 heteroatoms. The van der Waals surface area contributed by atoms with E-state index >= 15 is 0 Å². The first-order chi connectivity index (χ1) is 7.36. The second-order valence-corrected chi connectivity index (χ2v) is 1.64. The zero-order valence-electron chi connectivity index (χ0n) is 10.5. The predicted octanol–water partition coefficient (Wildman–Crippen LogP) is 1.15. The van der Waals surface area contributed by atoms with Gasteiger partial charge in [0.15, 0.2) is 6.61 Å². The summed E-state index contributed by atoms with van der Waals surface area (Å²) in [5, 5.41) is 8.37. The number of carboxylic acids is 1. The SMILES string of the molecule is [2H]c1c([2H])c([2H])c(OCC(=O)O)c([2H])c1[2H]. The van der Waals surface area contributed by atoms with Gasteiger partial charge in [-0.15, -0.1) is 0 Å². The first-order valence-electron chi connectivity index (χ1n) is 5.27.